The van der Waals surface area contributed by atoms with Gasteiger partial charge in [0.1, 0.15) is 90.6 Å². The number of likely N-dealkylation sites (tertiary alicyclic amines) is 7. The number of hydrogen-bond acceptors (Lipinski definition) is 24. The standard InChI is InChI=1S/C89H157N37O17/c1-5-50(4)66(119-69(129)53(22-8-36-107-85(95)96)112-67(127)51(90)20-6-34-105-83(91)92)74(134)117-57(26-12-40-111-89(103)104)76(136)121-42-14-28-60(121)72(132)115-55(24-10-38-109-87(99)100)77(137)124-45-17-31-63(124)80(140)123-44-16-30-62(123)70(130)113-52(21-7-35-106-84(93)94)68(128)118-58(48-49(2)3)79(139)122-43-15-29-61(122)73(133)114-54(23-9-37-108-86(97)98)75(135)120-41-13-27-59(120)71(131)116-56(25-11-39-110-88(101)102)78(138)125-46-18-32-64(125)81(141)126-47-19-33-65(126)82(142)143/h49-66H,5-48,90H2,1-4H3,(H,112,127)(H,113,130)(H,114,133)(H,115,132)(H,116,131)(H,117,134)(H,118,128)(H,119,129)(H,142,143)(H4,91,92,105)(H4,93,94,106)(H4,95,96,107)(H4,97,98,108)(H4,99,100,109)(H4,101,102,110)(H4,103,104,111)/t50-,51-,52-,53-,54-,55-,56-,57-,58-,59-,60-,61-,62-,63-,64-,65-,66-/m0/s1. The van der Waals surface area contributed by atoms with Gasteiger partial charge >= 0.3 is 5.97 Å². The summed E-state index contributed by atoms with van der Waals surface area (Å²) < 4.78 is 0. The average Bonchev–Trinajstić information content (AvgIpc) is 1.83. The van der Waals surface area contributed by atoms with E-state index in [2.05, 4.69) is 79.8 Å². The number of amides is 15. The summed E-state index contributed by atoms with van der Waals surface area (Å²) in [7, 11) is 0. The van der Waals surface area contributed by atoms with Gasteiger partial charge in [-0.2, -0.15) is 0 Å². The van der Waals surface area contributed by atoms with Crippen LogP contribution in [-0.4, -0.2) is 364 Å². The maximum atomic E-state index is 15.3. The predicted molar refractivity (Wildman–Crippen MR) is 527 cm³/mol. The van der Waals surface area contributed by atoms with E-state index in [9.17, 15) is 43.5 Å². The fraction of sp³-hybridized carbons (Fsp3) is 0.742. The Balaban J connectivity index is 1.06. The third-order valence-electron chi connectivity index (χ3n) is 26.9. The summed E-state index contributed by atoms with van der Waals surface area (Å²) in [5, 5.41) is 105. The van der Waals surface area contributed by atoms with E-state index in [0.29, 0.717) is 57.8 Å². The number of hydrogen-bond donors (Lipinski definition) is 31. The monoisotopic (exact) mass is 2020 g/mol. The number of aliphatic carboxylic acids is 1. The average molecular weight is 2020 g/mol. The van der Waals surface area contributed by atoms with Crippen molar-refractivity contribution in [3.63, 3.8) is 0 Å². The summed E-state index contributed by atoms with van der Waals surface area (Å²) in [6.45, 7) is 8.37. The van der Waals surface area contributed by atoms with E-state index in [1.165, 1.54) is 34.3 Å². The number of carboxylic acid groups (broad SMARTS) is 1. The van der Waals surface area contributed by atoms with Gasteiger partial charge in [-0.25, -0.2) is 4.79 Å². The van der Waals surface area contributed by atoms with Gasteiger partial charge in [0.25, 0.3) is 0 Å². The number of nitrogens with one attached hydrogen (secondary N) is 22. The SMILES string of the molecule is CC[C@H](C)[C@H](NC(=O)[C@H](CCCNC(=N)N)NC(=O)[C@@H](N)CCCNC(=N)N)C(=O)N[C@@H](CCCNC(=N)N)C(=O)N1CCC[C@H]1C(=O)N[C@@H](CCCNC(=N)N)C(=O)N1CCC[C@H]1C(=O)N1CCC[C@H]1C(=O)N[C@@H](CCCNC(=N)N)C(=O)N[C@@H](CC(C)C)C(=O)N1CCC[C@H]1C(=O)N[C@@H](CCCNC(=N)N)C(=O)N1CCC[C@H]1C(=O)N[C@@H](CCCNC(=N)N)C(=O)N1CCC[C@H]1C(=O)N1CCC[C@H]1C(=O)O. The Labute approximate surface area is 832 Å². The van der Waals surface area contributed by atoms with Crippen molar-refractivity contribution in [1.82, 2.24) is 114 Å². The highest BCUT2D eigenvalue weighted by Crippen LogP contribution is 2.32. The maximum Gasteiger partial charge on any atom is 0.326 e. The van der Waals surface area contributed by atoms with E-state index in [0.717, 1.165) is 0 Å². The van der Waals surface area contributed by atoms with Crippen molar-refractivity contribution in [2.45, 2.75) is 317 Å². The molecule has 7 aliphatic rings. The van der Waals surface area contributed by atoms with Gasteiger partial charge in [-0.15, -0.1) is 0 Å². The molecule has 0 aromatic rings. The van der Waals surface area contributed by atoms with Crippen molar-refractivity contribution in [1.29, 1.82) is 37.9 Å². The first-order valence-corrected chi connectivity index (χ1v) is 50.0. The summed E-state index contributed by atoms with van der Waals surface area (Å²) in [6.07, 6.45) is 4.99. The molecule has 54 heteroatoms. The van der Waals surface area contributed by atoms with Crippen LogP contribution < -0.4 is 126 Å². The second-order valence-electron chi connectivity index (χ2n) is 38.1. The van der Waals surface area contributed by atoms with Gasteiger partial charge in [0.2, 0.25) is 88.6 Å². The smallest absolute Gasteiger partial charge is 0.326 e. The van der Waals surface area contributed by atoms with E-state index in [4.69, 9.17) is 83.7 Å². The summed E-state index contributed by atoms with van der Waals surface area (Å²) in [5.41, 5.74) is 45.2. The molecule has 0 unspecified atom stereocenters. The second kappa shape index (κ2) is 58.1. The summed E-state index contributed by atoms with van der Waals surface area (Å²) >= 11 is 0. The molecule has 39 N–H and O–H groups in total. The molecule has 0 saturated carbocycles. The number of guanidine groups is 7. The predicted octanol–water partition coefficient (Wildman–Crippen LogP) is -7.85. The van der Waals surface area contributed by atoms with E-state index in [1.807, 2.05) is 0 Å². The first-order chi connectivity index (χ1) is 67.9. The zero-order valence-corrected chi connectivity index (χ0v) is 82.7. The molecular formula is C89H157N37O17. The highest BCUT2D eigenvalue weighted by molar-refractivity contribution is 6.02. The first kappa shape index (κ1) is 116. The molecule has 0 aromatic heterocycles. The molecular weight excluding hydrogens is 1860 g/mol. The Hall–Kier alpha value is -13.6. The second-order valence-corrected chi connectivity index (χ2v) is 38.1. The molecule has 7 saturated heterocycles. The van der Waals surface area contributed by atoms with Gasteiger partial charge in [-0.1, -0.05) is 34.1 Å². The van der Waals surface area contributed by atoms with Crippen LogP contribution in [0.15, 0.2) is 0 Å². The molecule has 0 bridgehead atoms. The molecule has 54 nitrogen and oxygen atoms in total. The molecule has 0 radical (unpaired) electrons. The lowest BCUT2D eigenvalue weighted by molar-refractivity contribution is -0.152. The molecule has 7 heterocycles. The van der Waals surface area contributed by atoms with Crippen LogP contribution in [0.5, 0.6) is 0 Å². The Kier molecular flexibility index (Phi) is 47.2. The van der Waals surface area contributed by atoms with Gasteiger partial charge in [-0.3, -0.25) is 110 Å². The fourth-order valence-corrected chi connectivity index (χ4v) is 19.4. The Morgan fingerprint density at radius 3 is 0.832 bits per heavy atom. The van der Waals surface area contributed by atoms with Crippen molar-refractivity contribution in [3.05, 3.63) is 0 Å². The zero-order valence-electron chi connectivity index (χ0n) is 82.7. The lowest BCUT2D eigenvalue weighted by atomic mass is 9.96. The van der Waals surface area contributed by atoms with Crippen LogP contribution >= 0.6 is 0 Å². The normalized spacial score (nSPS) is 20.7. The third kappa shape index (κ3) is 35.8. The number of carbonyl (C=O) groups is 16. The molecule has 800 valence electrons. The van der Waals surface area contributed by atoms with Gasteiger partial charge in [-0.05, 0) is 198 Å². The van der Waals surface area contributed by atoms with Gasteiger partial charge in [0.15, 0.2) is 41.7 Å². The van der Waals surface area contributed by atoms with E-state index in [-0.39, 0.29) is 274 Å². The highest BCUT2D eigenvalue weighted by atomic mass is 16.4. The molecule has 0 aromatic carbocycles. The van der Waals surface area contributed by atoms with Crippen LogP contribution in [0.25, 0.3) is 0 Å². The van der Waals surface area contributed by atoms with Crippen molar-refractivity contribution >= 4 is 136 Å². The Morgan fingerprint density at radius 2 is 0.524 bits per heavy atom. The zero-order chi connectivity index (χ0) is 105. The number of carbonyl (C=O) groups excluding carboxylic acids is 15. The molecule has 15 amide bonds. The van der Waals surface area contributed by atoms with Gasteiger partial charge < -0.3 is 165 Å². The number of rotatable bonds is 56. The fourth-order valence-electron chi connectivity index (χ4n) is 19.4. The van der Waals surface area contributed by atoms with E-state index in [1.54, 1.807) is 27.7 Å². The number of nitrogens with two attached hydrogens (primary N) is 8. The summed E-state index contributed by atoms with van der Waals surface area (Å²) in [6, 6.07) is -19.8. The van der Waals surface area contributed by atoms with Crippen molar-refractivity contribution < 1.29 is 81.8 Å². The molecule has 7 rings (SSSR count). The lowest BCUT2D eigenvalue weighted by Crippen LogP contribution is -2.61. The number of carboxylic acids is 1. The molecule has 17 atom stereocenters. The maximum absolute atomic E-state index is 15.3. The van der Waals surface area contributed by atoms with Crippen molar-refractivity contribution in [2.24, 2.45) is 57.7 Å². The topological polar surface area (TPSA) is 872 Å². The van der Waals surface area contributed by atoms with Crippen LogP contribution in [0.3, 0.4) is 0 Å². The van der Waals surface area contributed by atoms with E-state index >= 15 is 38.4 Å². The first-order valence-electron chi connectivity index (χ1n) is 50.0. The summed E-state index contributed by atoms with van der Waals surface area (Å²) in [5.74, 6) is -15.0. The molecule has 0 spiro atoms. The molecule has 7 fully saturated rings. The largest absolute Gasteiger partial charge is 0.480 e. The van der Waals surface area contributed by atoms with Crippen molar-refractivity contribution in [2.75, 3.05) is 91.6 Å². The highest BCUT2D eigenvalue weighted by Gasteiger charge is 2.50. The quantitative estimate of drug-likeness (QED) is 0.0153. The van der Waals surface area contributed by atoms with Crippen LogP contribution in [0.4, 0.5) is 0 Å². The summed E-state index contributed by atoms with van der Waals surface area (Å²) in [4.78, 5) is 244. The lowest BCUT2D eigenvalue weighted by Gasteiger charge is -2.34. The molecule has 7 aliphatic heterocycles. The molecule has 143 heavy (non-hydrogen) atoms. The molecule has 0 aliphatic carbocycles. The van der Waals surface area contributed by atoms with E-state index < -0.39 is 197 Å². The number of nitrogens with zero attached hydrogens (tertiary/aromatic N) is 7. The Morgan fingerprint density at radius 1 is 0.294 bits per heavy atom. The minimum absolute atomic E-state index is 0.00185. The third-order valence-corrected chi connectivity index (χ3v) is 26.9. The van der Waals surface area contributed by atoms with Crippen LogP contribution in [-0.2, 0) is 76.7 Å². The van der Waals surface area contributed by atoms with Crippen LogP contribution in [0.2, 0.25) is 0 Å². The van der Waals surface area contributed by atoms with Crippen LogP contribution in [0, 0.1) is 49.7 Å². The minimum atomic E-state index is -1.41. The Bertz CT molecular complexity index is 4490. The van der Waals surface area contributed by atoms with Gasteiger partial charge in [0.05, 0.1) is 6.04 Å². The minimum Gasteiger partial charge on any atom is -0.480 e. The van der Waals surface area contributed by atoms with Crippen LogP contribution in [0.1, 0.15) is 220 Å². The van der Waals surface area contributed by atoms with Gasteiger partial charge in [0, 0.05) is 91.6 Å². The van der Waals surface area contributed by atoms with Crippen molar-refractivity contribution in [3.8, 4) is 0 Å².